The number of amides is 2. The normalized spacial score (nSPS) is 20.2. The highest BCUT2D eigenvalue weighted by atomic mass is 16.4. The number of carboxylic acids is 1. The summed E-state index contributed by atoms with van der Waals surface area (Å²) >= 11 is 0. The molecule has 6 heteroatoms. The summed E-state index contributed by atoms with van der Waals surface area (Å²) in [6.45, 7) is 6.64. The second-order valence-corrected chi connectivity index (χ2v) is 6.24. The van der Waals surface area contributed by atoms with E-state index in [4.69, 9.17) is 5.11 Å². The summed E-state index contributed by atoms with van der Waals surface area (Å²) in [6, 6.07) is 0. The van der Waals surface area contributed by atoms with E-state index in [2.05, 4.69) is 0 Å². The first kappa shape index (κ1) is 17.5. The van der Waals surface area contributed by atoms with Gasteiger partial charge >= 0.3 is 5.97 Å². The van der Waals surface area contributed by atoms with Crippen LogP contribution in [-0.2, 0) is 14.4 Å². The molecule has 0 saturated carbocycles. The van der Waals surface area contributed by atoms with Crippen molar-refractivity contribution in [1.29, 1.82) is 0 Å². The van der Waals surface area contributed by atoms with E-state index >= 15 is 0 Å². The number of carbonyl (C=O) groups is 3. The van der Waals surface area contributed by atoms with Crippen LogP contribution in [0, 0.1) is 17.8 Å². The van der Waals surface area contributed by atoms with Gasteiger partial charge in [0.15, 0.2) is 0 Å². The molecule has 1 aliphatic rings. The zero-order valence-corrected chi connectivity index (χ0v) is 13.3. The first-order valence-corrected chi connectivity index (χ1v) is 7.49. The van der Waals surface area contributed by atoms with E-state index < -0.39 is 11.9 Å². The van der Waals surface area contributed by atoms with Crippen LogP contribution in [0.15, 0.2) is 0 Å². The molecule has 21 heavy (non-hydrogen) atoms. The van der Waals surface area contributed by atoms with Crippen LogP contribution in [0.4, 0.5) is 0 Å². The molecule has 0 aromatic heterocycles. The van der Waals surface area contributed by atoms with Crippen LogP contribution in [-0.4, -0.2) is 59.4 Å². The number of carboxylic acid groups (broad SMARTS) is 1. The van der Waals surface area contributed by atoms with E-state index in [-0.39, 0.29) is 36.7 Å². The van der Waals surface area contributed by atoms with Crippen LogP contribution in [0.2, 0.25) is 0 Å². The molecule has 1 rings (SSSR count). The van der Waals surface area contributed by atoms with Crippen LogP contribution in [0.1, 0.15) is 33.6 Å². The quantitative estimate of drug-likeness (QED) is 0.823. The van der Waals surface area contributed by atoms with Crippen LogP contribution >= 0.6 is 0 Å². The van der Waals surface area contributed by atoms with Crippen molar-refractivity contribution in [3.63, 3.8) is 0 Å². The molecule has 1 fully saturated rings. The topological polar surface area (TPSA) is 77.9 Å². The van der Waals surface area contributed by atoms with Gasteiger partial charge < -0.3 is 14.9 Å². The third-order valence-electron chi connectivity index (χ3n) is 4.26. The van der Waals surface area contributed by atoms with Gasteiger partial charge in [-0.15, -0.1) is 0 Å². The zero-order chi connectivity index (χ0) is 16.2. The number of hydrogen-bond donors (Lipinski definition) is 1. The van der Waals surface area contributed by atoms with Gasteiger partial charge in [0.25, 0.3) is 0 Å². The molecule has 0 aromatic rings. The molecule has 1 saturated heterocycles. The first-order chi connectivity index (χ1) is 9.73. The lowest BCUT2D eigenvalue weighted by molar-refractivity contribution is -0.148. The average molecular weight is 298 g/mol. The molecule has 0 bridgehead atoms. The summed E-state index contributed by atoms with van der Waals surface area (Å²) in [5.74, 6) is -1.47. The lowest BCUT2D eigenvalue weighted by atomic mass is 9.96. The van der Waals surface area contributed by atoms with Gasteiger partial charge in [-0.3, -0.25) is 14.4 Å². The fourth-order valence-electron chi connectivity index (χ4n) is 2.42. The fraction of sp³-hybridized carbons (Fsp3) is 0.800. The van der Waals surface area contributed by atoms with Crippen molar-refractivity contribution in [1.82, 2.24) is 9.80 Å². The van der Waals surface area contributed by atoms with Gasteiger partial charge in [-0.05, 0) is 18.8 Å². The van der Waals surface area contributed by atoms with Crippen LogP contribution in [0.5, 0.6) is 0 Å². The SMILES string of the molecule is CC(C)C(C)C(=O)N(C)CC(=O)N1CCCC(C(=O)O)C1. The fourth-order valence-corrected chi connectivity index (χ4v) is 2.42. The first-order valence-electron chi connectivity index (χ1n) is 7.49. The van der Waals surface area contributed by atoms with Gasteiger partial charge in [-0.1, -0.05) is 20.8 Å². The van der Waals surface area contributed by atoms with E-state index in [1.54, 1.807) is 11.9 Å². The molecule has 120 valence electrons. The molecular formula is C15H26N2O4. The monoisotopic (exact) mass is 298 g/mol. The minimum Gasteiger partial charge on any atom is -0.481 e. The lowest BCUT2D eigenvalue weighted by Crippen LogP contribution is -2.47. The van der Waals surface area contributed by atoms with Crippen molar-refractivity contribution >= 4 is 17.8 Å². The number of likely N-dealkylation sites (tertiary alicyclic amines) is 1. The number of hydrogen-bond acceptors (Lipinski definition) is 3. The Labute approximate surface area is 126 Å². The predicted molar refractivity (Wildman–Crippen MR) is 78.6 cm³/mol. The Morgan fingerprint density at radius 2 is 1.90 bits per heavy atom. The van der Waals surface area contributed by atoms with E-state index in [0.29, 0.717) is 19.4 Å². The standard InChI is InChI=1S/C15H26N2O4/c1-10(2)11(3)14(19)16(4)9-13(18)17-7-5-6-12(8-17)15(20)21/h10-12H,5-9H2,1-4H3,(H,20,21). The molecule has 6 nitrogen and oxygen atoms in total. The summed E-state index contributed by atoms with van der Waals surface area (Å²) in [4.78, 5) is 38.4. The minimum absolute atomic E-state index is 0.0161. The summed E-state index contributed by atoms with van der Waals surface area (Å²) < 4.78 is 0. The van der Waals surface area contributed by atoms with Gasteiger partial charge in [-0.2, -0.15) is 0 Å². The van der Waals surface area contributed by atoms with E-state index in [9.17, 15) is 14.4 Å². The lowest BCUT2D eigenvalue weighted by Gasteiger charge is -2.32. The number of carbonyl (C=O) groups excluding carboxylic acids is 2. The molecule has 0 aromatic carbocycles. The second kappa shape index (κ2) is 7.43. The molecule has 0 radical (unpaired) electrons. The molecule has 2 unspecified atom stereocenters. The van der Waals surface area contributed by atoms with Crippen LogP contribution in [0.25, 0.3) is 0 Å². The van der Waals surface area contributed by atoms with Crippen molar-refractivity contribution in [2.45, 2.75) is 33.6 Å². The molecule has 1 heterocycles. The number of rotatable bonds is 5. The number of piperidine rings is 1. The van der Waals surface area contributed by atoms with E-state index in [1.165, 1.54) is 4.90 Å². The Morgan fingerprint density at radius 3 is 2.43 bits per heavy atom. The van der Waals surface area contributed by atoms with Crippen LogP contribution < -0.4 is 0 Å². The molecular weight excluding hydrogens is 272 g/mol. The van der Waals surface area contributed by atoms with Crippen LogP contribution in [0.3, 0.4) is 0 Å². The average Bonchev–Trinajstić information content (AvgIpc) is 2.45. The smallest absolute Gasteiger partial charge is 0.308 e. The minimum atomic E-state index is -0.856. The Kier molecular flexibility index (Phi) is 6.18. The third kappa shape index (κ3) is 4.72. The summed E-state index contributed by atoms with van der Waals surface area (Å²) in [5, 5.41) is 9.04. The molecule has 0 spiro atoms. The van der Waals surface area contributed by atoms with Crippen molar-refractivity contribution in [2.75, 3.05) is 26.7 Å². The van der Waals surface area contributed by atoms with Gasteiger partial charge in [0, 0.05) is 26.1 Å². The second-order valence-electron chi connectivity index (χ2n) is 6.24. The highest BCUT2D eigenvalue weighted by Gasteiger charge is 2.29. The van der Waals surface area contributed by atoms with Gasteiger partial charge in [0.1, 0.15) is 0 Å². The maximum Gasteiger partial charge on any atom is 0.308 e. The maximum atomic E-state index is 12.2. The largest absolute Gasteiger partial charge is 0.481 e. The van der Waals surface area contributed by atoms with Crippen molar-refractivity contribution in [2.24, 2.45) is 17.8 Å². The molecule has 1 aliphatic heterocycles. The Hall–Kier alpha value is -1.59. The molecule has 2 amide bonds. The Bertz CT molecular complexity index is 408. The summed E-state index contributed by atoms with van der Waals surface area (Å²) in [6.07, 6.45) is 1.31. The maximum absolute atomic E-state index is 12.2. The summed E-state index contributed by atoms with van der Waals surface area (Å²) in [5.41, 5.74) is 0. The van der Waals surface area contributed by atoms with Gasteiger partial charge in [0.2, 0.25) is 11.8 Å². The van der Waals surface area contributed by atoms with Crippen molar-refractivity contribution < 1.29 is 19.5 Å². The molecule has 1 N–H and O–H groups in total. The van der Waals surface area contributed by atoms with Crippen molar-refractivity contribution in [3.05, 3.63) is 0 Å². The highest BCUT2D eigenvalue weighted by Crippen LogP contribution is 2.17. The van der Waals surface area contributed by atoms with E-state index in [0.717, 1.165) is 0 Å². The predicted octanol–water partition coefficient (Wildman–Crippen LogP) is 1.06. The van der Waals surface area contributed by atoms with Gasteiger partial charge in [0.05, 0.1) is 12.5 Å². The van der Waals surface area contributed by atoms with Gasteiger partial charge in [-0.25, -0.2) is 0 Å². The zero-order valence-electron chi connectivity index (χ0n) is 13.3. The van der Waals surface area contributed by atoms with Crippen molar-refractivity contribution in [3.8, 4) is 0 Å². The Morgan fingerprint density at radius 1 is 1.29 bits per heavy atom. The number of aliphatic carboxylic acids is 1. The molecule has 2 atom stereocenters. The third-order valence-corrected chi connectivity index (χ3v) is 4.26. The summed E-state index contributed by atoms with van der Waals surface area (Å²) in [7, 11) is 1.62. The molecule has 0 aliphatic carbocycles. The number of nitrogens with zero attached hydrogens (tertiary/aromatic N) is 2. The Balaban J connectivity index is 2.56. The van der Waals surface area contributed by atoms with E-state index in [1.807, 2.05) is 20.8 Å². The number of likely N-dealkylation sites (N-methyl/N-ethyl adjacent to an activating group) is 1. The highest BCUT2D eigenvalue weighted by molar-refractivity contribution is 5.86.